The third-order valence-corrected chi connectivity index (χ3v) is 12.6. The van der Waals surface area contributed by atoms with Crippen molar-refractivity contribution >= 4 is 85.9 Å². The van der Waals surface area contributed by atoms with Gasteiger partial charge in [-0.25, -0.2) is 9.97 Å². The fourth-order valence-electron chi connectivity index (χ4n) is 8.70. The van der Waals surface area contributed by atoms with Crippen LogP contribution in [-0.2, 0) is 0 Å². The maximum Gasteiger partial charge on any atom is 0.159 e. The van der Waals surface area contributed by atoms with Gasteiger partial charge >= 0.3 is 0 Å². The summed E-state index contributed by atoms with van der Waals surface area (Å²) in [5.41, 5.74) is 10.9. The third-order valence-electron chi connectivity index (χ3n) is 11.3. The number of thiophene rings is 1. The van der Waals surface area contributed by atoms with E-state index in [1.165, 1.54) is 53.0 Å². The van der Waals surface area contributed by atoms with Crippen LogP contribution in [0.2, 0.25) is 0 Å². The molecule has 0 radical (unpaired) electrons. The molecule has 0 amide bonds. The Morgan fingerprint density at radius 3 is 1.71 bits per heavy atom. The smallest absolute Gasteiger partial charge is 0.159 e. The van der Waals surface area contributed by atoms with Crippen molar-refractivity contribution < 1.29 is 4.42 Å². The van der Waals surface area contributed by atoms with Crippen LogP contribution in [0.4, 0.5) is 0 Å². The molecular weight excluding hydrogens is 701 g/mol. The molecule has 3 aromatic heterocycles. The first kappa shape index (κ1) is 31.2. The number of para-hydroxylation sites is 2. The fraction of sp³-hybridized carbons (Fsp3) is 0. The average Bonchev–Trinajstić information content (AvgIpc) is 3.86. The van der Waals surface area contributed by atoms with E-state index in [-0.39, 0.29) is 0 Å². The highest BCUT2D eigenvalue weighted by molar-refractivity contribution is 7.26. The number of rotatable bonds is 4. The van der Waals surface area contributed by atoms with Gasteiger partial charge < -0.3 is 4.42 Å². The van der Waals surface area contributed by atoms with E-state index in [1.54, 1.807) is 0 Å². The van der Waals surface area contributed by atoms with Gasteiger partial charge in [0.05, 0.1) is 5.52 Å². The Balaban J connectivity index is 0.925. The number of hydrogen-bond donors (Lipinski definition) is 0. The summed E-state index contributed by atoms with van der Waals surface area (Å²) in [4.78, 5) is 10.1. The zero-order valence-electron chi connectivity index (χ0n) is 30.0. The Bertz CT molecular complexity index is 3500. The number of nitrogens with zero attached hydrogens (tertiary/aromatic N) is 2. The van der Waals surface area contributed by atoms with Crippen LogP contribution >= 0.6 is 11.3 Å². The quantitative estimate of drug-likeness (QED) is 0.169. The lowest BCUT2D eigenvalue weighted by Crippen LogP contribution is -1.93. The van der Waals surface area contributed by atoms with E-state index in [0.29, 0.717) is 0 Å². The molecule has 260 valence electrons. The number of furan rings is 1. The van der Waals surface area contributed by atoms with Crippen molar-refractivity contribution in [3.8, 4) is 44.8 Å². The minimum absolute atomic E-state index is 0.726. The Morgan fingerprint density at radius 2 is 0.929 bits per heavy atom. The maximum absolute atomic E-state index is 6.48. The first-order valence-corrected chi connectivity index (χ1v) is 19.7. The van der Waals surface area contributed by atoms with Crippen molar-refractivity contribution in [2.24, 2.45) is 0 Å². The molecule has 12 rings (SSSR count). The van der Waals surface area contributed by atoms with Crippen molar-refractivity contribution in [2.45, 2.75) is 0 Å². The number of aromatic nitrogens is 2. The Kier molecular flexibility index (Phi) is 6.80. The zero-order valence-corrected chi connectivity index (χ0v) is 30.8. The third kappa shape index (κ3) is 4.70. The fourth-order valence-corrected chi connectivity index (χ4v) is 10.1. The summed E-state index contributed by atoms with van der Waals surface area (Å²) in [6.45, 7) is 0. The Morgan fingerprint density at radius 1 is 0.375 bits per heavy atom. The summed E-state index contributed by atoms with van der Waals surface area (Å²) in [5.74, 6) is 0.726. The molecule has 3 heterocycles. The van der Waals surface area contributed by atoms with Crippen LogP contribution in [0.15, 0.2) is 187 Å². The van der Waals surface area contributed by atoms with E-state index in [2.05, 4.69) is 170 Å². The van der Waals surface area contributed by atoms with E-state index in [4.69, 9.17) is 14.4 Å². The SMILES string of the molecule is c1cc(-c2ccc(-c3cccc4c3sc3c(-c5cccc6c5oc5ccccc56)cccc34)cc2)cc(-c2ncc3c4ccccc4c4ccccc4c3n2)c1. The largest absolute Gasteiger partial charge is 0.455 e. The van der Waals surface area contributed by atoms with Crippen LogP contribution in [0.3, 0.4) is 0 Å². The molecule has 0 aliphatic carbocycles. The van der Waals surface area contributed by atoms with Crippen LogP contribution in [0.1, 0.15) is 0 Å². The molecule has 0 bridgehead atoms. The van der Waals surface area contributed by atoms with Gasteiger partial charge in [-0.05, 0) is 50.5 Å². The van der Waals surface area contributed by atoms with Gasteiger partial charge in [-0.1, -0.05) is 164 Å². The molecule has 12 aromatic rings. The Labute approximate surface area is 325 Å². The molecule has 0 saturated heterocycles. The summed E-state index contributed by atoms with van der Waals surface area (Å²) in [6.07, 6.45) is 1.99. The molecule has 0 fully saturated rings. The second-order valence-corrected chi connectivity index (χ2v) is 15.5. The molecule has 0 atom stereocenters. The van der Waals surface area contributed by atoms with E-state index < -0.39 is 0 Å². The Hall–Kier alpha value is -7.14. The van der Waals surface area contributed by atoms with Crippen LogP contribution in [0.25, 0.3) is 119 Å². The monoisotopic (exact) mass is 730 g/mol. The summed E-state index contributed by atoms with van der Waals surface area (Å²) in [6, 6.07) is 62.8. The van der Waals surface area contributed by atoms with Gasteiger partial charge in [0.2, 0.25) is 0 Å². The number of benzene rings is 9. The van der Waals surface area contributed by atoms with Gasteiger partial charge in [0.25, 0.3) is 0 Å². The topological polar surface area (TPSA) is 38.9 Å². The minimum Gasteiger partial charge on any atom is -0.455 e. The molecule has 0 aliphatic rings. The second-order valence-electron chi connectivity index (χ2n) is 14.5. The van der Waals surface area contributed by atoms with E-state index in [1.807, 2.05) is 23.6 Å². The maximum atomic E-state index is 6.48. The minimum atomic E-state index is 0.726. The number of hydrogen-bond acceptors (Lipinski definition) is 4. The molecule has 0 spiro atoms. The lowest BCUT2D eigenvalue weighted by Gasteiger charge is -2.11. The molecule has 0 saturated carbocycles. The summed E-state index contributed by atoms with van der Waals surface area (Å²) in [5, 5.41) is 10.7. The molecular formula is C52H30N2OS. The summed E-state index contributed by atoms with van der Waals surface area (Å²) >= 11 is 1.87. The normalized spacial score (nSPS) is 11.9. The van der Waals surface area contributed by atoms with Crippen LogP contribution in [0, 0.1) is 0 Å². The van der Waals surface area contributed by atoms with E-state index >= 15 is 0 Å². The van der Waals surface area contributed by atoms with Crippen molar-refractivity contribution in [1.82, 2.24) is 9.97 Å². The summed E-state index contributed by atoms with van der Waals surface area (Å²) < 4.78 is 9.04. The van der Waals surface area contributed by atoms with Gasteiger partial charge in [-0.3, -0.25) is 0 Å². The van der Waals surface area contributed by atoms with Gasteiger partial charge in [-0.2, -0.15) is 0 Å². The predicted octanol–water partition coefficient (Wildman–Crippen LogP) is 14.9. The lowest BCUT2D eigenvalue weighted by atomic mass is 9.97. The molecule has 0 N–H and O–H groups in total. The van der Waals surface area contributed by atoms with E-state index in [9.17, 15) is 0 Å². The van der Waals surface area contributed by atoms with Gasteiger partial charge in [0.15, 0.2) is 5.82 Å². The summed E-state index contributed by atoms with van der Waals surface area (Å²) in [7, 11) is 0. The first-order chi connectivity index (χ1) is 27.8. The highest BCUT2D eigenvalue weighted by Crippen LogP contribution is 2.46. The molecule has 9 aromatic carbocycles. The average molecular weight is 731 g/mol. The molecule has 0 unspecified atom stereocenters. The highest BCUT2D eigenvalue weighted by Gasteiger charge is 2.18. The molecule has 4 heteroatoms. The second kappa shape index (κ2) is 12.2. The van der Waals surface area contributed by atoms with Gasteiger partial charge in [0, 0.05) is 64.6 Å². The highest BCUT2D eigenvalue weighted by atomic mass is 32.1. The van der Waals surface area contributed by atoms with Crippen molar-refractivity contribution in [3.63, 3.8) is 0 Å². The lowest BCUT2D eigenvalue weighted by molar-refractivity contribution is 0.670. The van der Waals surface area contributed by atoms with E-state index in [0.717, 1.165) is 66.3 Å². The standard InChI is InChI=1S/C52H30N2OS/c1-2-15-38-36(13-1)37-14-3-4-17-40(37)48-46(38)30-53-52(54-48)34-12-7-11-33(29-34)31-25-27-32(28-26-31)35-18-8-22-44-45-23-10-21-43(51(45)56-50(35)44)42-20-9-19-41-39-16-5-6-24-47(39)55-49(41)42/h1-30H. The molecule has 3 nitrogen and oxygen atoms in total. The van der Waals surface area contributed by atoms with Crippen LogP contribution in [-0.4, -0.2) is 9.97 Å². The molecule has 56 heavy (non-hydrogen) atoms. The first-order valence-electron chi connectivity index (χ1n) is 18.9. The number of fused-ring (bicyclic) bond motifs is 12. The molecule has 0 aliphatic heterocycles. The van der Waals surface area contributed by atoms with Crippen molar-refractivity contribution in [3.05, 3.63) is 182 Å². The zero-order chi connectivity index (χ0) is 36.7. The van der Waals surface area contributed by atoms with Gasteiger partial charge in [-0.15, -0.1) is 11.3 Å². The predicted molar refractivity (Wildman–Crippen MR) is 236 cm³/mol. The van der Waals surface area contributed by atoms with Crippen molar-refractivity contribution in [2.75, 3.05) is 0 Å². The van der Waals surface area contributed by atoms with Crippen molar-refractivity contribution in [1.29, 1.82) is 0 Å². The van der Waals surface area contributed by atoms with Crippen LogP contribution < -0.4 is 0 Å². The van der Waals surface area contributed by atoms with Crippen LogP contribution in [0.5, 0.6) is 0 Å². The van der Waals surface area contributed by atoms with Gasteiger partial charge in [0.1, 0.15) is 11.2 Å².